The van der Waals surface area contributed by atoms with Gasteiger partial charge in [0.2, 0.25) is 0 Å². The minimum absolute atomic E-state index is 0.179. The van der Waals surface area contributed by atoms with Crippen LogP contribution in [0.2, 0.25) is 0 Å². The second-order valence-electron chi connectivity index (χ2n) is 6.56. The summed E-state index contributed by atoms with van der Waals surface area (Å²) in [6.45, 7) is 3.21. The molecule has 0 aromatic carbocycles. The highest BCUT2D eigenvalue weighted by molar-refractivity contribution is 5.87. The lowest BCUT2D eigenvalue weighted by Gasteiger charge is -2.23. The Morgan fingerprint density at radius 2 is 2.22 bits per heavy atom. The molecule has 1 aliphatic carbocycles. The van der Waals surface area contributed by atoms with Gasteiger partial charge in [0, 0.05) is 41.8 Å². The average Bonchev–Trinajstić information content (AvgIpc) is 3.31. The van der Waals surface area contributed by atoms with Crippen LogP contribution < -0.4 is 5.32 Å². The Bertz CT molecular complexity index is 948. The van der Waals surface area contributed by atoms with Gasteiger partial charge in [0.05, 0.1) is 6.54 Å². The Balaban J connectivity index is 1.43. The third-order valence-electron chi connectivity index (χ3n) is 4.88. The molecule has 0 bridgehead atoms. The van der Waals surface area contributed by atoms with Gasteiger partial charge in [-0.05, 0) is 38.3 Å². The van der Waals surface area contributed by atoms with Gasteiger partial charge in [-0.25, -0.2) is 9.78 Å². The number of H-pyrrole nitrogens is 1. The van der Waals surface area contributed by atoms with E-state index in [1.54, 1.807) is 12.4 Å². The molecule has 3 aromatic heterocycles. The SMILES string of the molecule is CCn1nc(C(=O)O)c2c1CCC(NCc1nc(-c3ccncc3)n[nH]1)C2. The number of nitrogens with zero attached hydrogens (tertiary/aromatic N) is 5. The highest BCUT2D eigenvalue weighted by Gasteiger charge is 2.28. The van der Waals surface area contributed by atoms with Crippen LogP contribution in [0.3, 0.4) is 0 Å². The van der Waals surface area contributed by atoms with Crippen molar-refractivity contribution in [1.82, 2.24) is 35.3 Å². The van der Waals surface area contributed by atoms with Crippen molar-refractivity contribution in [2.75, 3.05) is 0 Å². The molecule has 140 valence electrons. The largest absolute Gasteiger partial charge is 0.476 e. The molecule has 0 radical (unpaired) electrons. The van der Waals surface area contributed by atoms with Crippen molar-refractivity contribution in [3.63, 3.8) is 0 Å². The minimum Gasteiger partial charge on any atom is -0.476 e. The van der Waals surface area contributed by atoms with E-state index in [9.17, 15) is 9.90 Å². The molecule has 1 unspecified atom stereocenters. The van der Waals surface area contributed by atoms with Crippen LogP contribution in [0, 0.1) is 0 Å². The zero-order valence-corrected chi connectivity index (χ0v) is 15.0. The first-order chi connectivity index (χ1) is 13.2. The van der Waals surface area contributed by atoms with Crippen molar-refractivity contribution in [1.29, 1.82) is 0 Å². The van der Waals surface area contributed by atoms with Gasteiger partial charge in [-0.2, -0.15) is 10.2 Å². The lowest BCUT2D eigenvalue weighted by Crippen LogP contribution is -2.35. The van der Waals surface area contributed by atoms with Crippen molar-refractivity contribution in [3.8, 4) is 11.4 Å². The Kier molecular flexibility index (Phi) is 4.68. The number of hydrogen-bond donors (Lipinski definition) is 3. The molecule has 3 N–H and O–H groups in total. The number of rotatable bonds is 6. The van der Waals surface area contributed by atoms with E-state index in [1.807, 2.05) is 23.7 Å². The van der Waals surface area contributed by atoms with E-state index >= 15 is 0 Å². The number of aromatic amines is 1. The van der Waals surface area contributed by atoms with Crippen LogP contribution in [0.4, 0.5) is 0 Å². The fourth-order valence-corrected chi connectivity index (χ4v) is 3.54. The highest BCUT2D eigenvalue weighted by Crippen LogP contribution is 2.25. The highest BCUT2D eigenvalue weighted by atomic mass is 16.4. The molecule has 0 saturated heterocycles. The minimum atomic E-state index is -0.962. The van der Waals surface area contributed by atoms with Crippen LogP contribution in [0.1, 0.15) is 40.9 Å². The van der Waals surface area contributed by atoms with Gasteiger partial charge < -0.3 is 10.4 Å². The van der Waals surface area contributed by atoms with Crippen LogP contribution in [0.5, 0.6) is 0 Å². The first-order valence-corrected chi connectivity index (χ1v) is 9.02. The maximum absolute atomic E-state index is 11.5. The molecule has 3 aromatic rings. The molecular formula is C18H21N7O2. The Morgan fingerprint density at radius 1 is 1.41 bits per heavy atom. The molecule has 0 aliphatic heterocycles. The zero-order valence-electron chi connectivity index (χ0n) is 15.0. The molecule has 4 rings (SSSR count). The fourth-order valence-electron chi connectivity index (χ4n) is 3.54. The quantitative estimate of drug-likeness (QED) is 0.602. The second kappa shape index (κ2) is 7.28. The lowest BCUT2D eigenvalue weighted by molar-refractivity contribution is 0.0688. The second-order valence-corrected chi connectivity index (χ2v) is 6.56. The number of carboxylic acids is 1. The smallest absolute Gasteiger partial charge is 0.356 e. The van der Waals surface area contributed by atoms with Gasteiger partial charge in [0.1, 0.15) is 5.82 Å². The summed E-state index contributed by atoms with van der Waals surface area (Å²) in [5.74, 6) is 0.421. The molecule has 3 heterocycles. The number of aromatic nitrogens is 6. The first-order valence-electron chi connectivity index (χ1n) is 9.02. The van der Waals surface area contributed by atoms with E-state index in [0.717, 1.165) is 35.5 Å². The number of pyridine rings is 1. The van der Waals surface area contributed by atoms with Gasteiger partial charge in [-0.1, -0.05) is 0 Å². The van der Waals surface area contributed by atoms with E-state index in [-0.39, 0.29) is 11.7 Å². The van der Waals surface area contributed by atoms with Gasteiger partial charge in [0.25, 0.3) is 0 Å². The summed E-state index contributed by atoms with van der Waals surface area (Å²) in [5.41, 5.74) is 2.99. The fraction of sp³-hybridized carbons (Fsp3) is 0.389. The zero-order chi connectivity index (χ0) is 18.8. The number of fused-ring (bicyclic) bond motifs is 1. The summed E-state index contributed by atoms with van der Waals surface area (Å²) in [7, 11) is 0. The van der Waals surface area contributed by atoms with Gasteiger partial charge in [0.15, 0.2) is 11.5 Å². The van der Waals surface area contributed by atoms with Crippen LogP contribution in [0.25, 0.3) is 11.4 Å². The number of aryl methyl sites for hydroxylation is 1. The number of carboxylic acid groups (broad SMARTS) is 1. The number of carbonyl (C=O) groups is 1. The van der Waals surface area contributed by atoms with E-state index in [1.165, 1.54) is 0 Å². The van der Waals surface area contributed by atoms with Crippen molar-refractivity contribution in [2.45, 2.75) is 45.3 Å². The van der Waals surface area contributed by atoms with E-state index in [0.29, 0.717) is 25.3 Å². The first kappa shape index (κ1) is 17.3. The molecule has 1 atom stereocenters. The molecule has 0 fully saturated rings. The van der Waals surface area contributed by atoms with E-state index < -0.39 is 5.97 Å². The average molecular weight is 367 g/mol. The summed E-state index contributed by atoms with van der Waals surface area (Å²) in [4.78, 5) is 20.0. The predicted octanol–water partition coefficient (Wildman–Crippen LogP) is 1.43. The standard InChI is InChI=1S/C18H21N7O2/c1-2-25-14-4-3-12(9-13(14)16(24-25)18(26)27)20-10-15-21-17(23-22-15)11-5-7-19-8-6-11/h5-8,12,20H,2-4,9-10H2,1H3,(H,26,27)(H,21,22,23). The molecule has 0 amide bonds. The molecule has 9 heteroatoms. The summed E-state index contributed by atoms with van der Waals surface area (Å²) < 4.78 is 1.81. The molecule has 1 aliphatic rings. The maximum atomic E-state index is 11.5. The monoisotopic (exact) mass is 367 g/mol. The number of aromatic carboxylic acids is 1. The lowest BCUT2D eigenvalue weighted by atomic mass is 9.91. The normalized spacial score (nSPS) is 16.3. The van der Waals surface area contributed by atoms with E-state index in [4.69, 9.17) is 0 Å². The van der Waals surface area contributed by atoms with Crippen LogP contribution in [-0.2, 0) is 25.9 Å². The molecule has 0 spiro atoms. The topological polar surface area (TPSA) is 122 Å². The van der Waals surface area contributed by atoms with Gasteiger partial charge >= 0.3 is 5.97 Å². The third-order valence-corrected chi connectivity index (χ3v) is 4.88. The van der Waals surface area contributed by atoms with Gasteiger partial charge in [-0.15, -0.1) is 0 Å². The van der Waals surface area contributed by atoms with Crippen molar-refractivity contribution in [2.24, 2.45) is 0 Å². The van der Waals surface area contributed by atoms with E-state index in [2.05, 4.69) is 30.6 Å². The van der Waals surface area contributed by atoms with Crippen LogP contribution >= 0.6 is 0 Å². The Morgan fingerprint density at radius 3 is 2.96 bits per heavy atom. The summed E-state index contributed by atoms with van der Waals surface area (Å²) in [6, 6.07) is 3.91. The summed E-state index contributed by atoms with van der Waals surface area (Å²) in [5, 5.41) is 24.3. The Labute approximate surface area is 155 Å². The Hall–Kier alpha value is -3.07. The van der Waals surface area contributed by atoms with Crippen molar-refractivity contribution >= 4 is 5.97 Å². The number of hydrogen-bond acceptors (Lipinski definition) is 6. The van der Waals surface area contributed by atoms with Gasteiger partial charge in [-0.3, -0.25) is 14.8 Å². The predicted molar refractivity (Wildman–Crippen MR) is 97.1 cm³/mol. The molecule has 9 nitrogen and oxygen atoms in total. The van der Waals surface area contributed by atoms with Crippen molar-refractivity contribution in [3.05, 3.63) is 47.3 Å². The summed E-state index contributed by atoms with van der Waals surface area (Å²) >= 11 is 0. The molecule has 0 saturated carbocycles. The van der Waals surface area contributed by atoms with Crippen molar-refractivity contribution < 1.29 is 9.90 Å². The van der Waals surface area contributed by atoms with Crippen LogP contribution in [0.15, 0.2) is 24.5 Å². The molecular weight excluding hydrogens is 346 g/mol. The summed E-state index contributed by atoms with van der Waals surface area (Å²) in [6.07, 6.45) is 5.82. The maximum Gasteiger partial charge on any atom is 0.356 e. The third kappa shape index (κ3) is 3.45. The number of nitrogens with one attached hydrogen (secondary N) is 2. The molecule has 27 heavy (non-hydrogen) atoms. The van der Waals surface area contributed by atoms with Crippen LogP contribution in [-0.4, -0.2) is 47.1 Å².